The van der Waals surface area contributed by atoms with Gasteiger partial charge in [0, 0.05) is 25.3 Å². The minimum absolute atomic E-state index is 0.343. The van der Waals surface area contributed by atoms with E-state index in [2.05, 4.69) is 6.07 Å². The van der Waals surface area contributed by atoms with Crippen LogP contribution >= 0.6 is 0 Å². The Morgan fingerprint density at radius 2 is 2.06 bits per heavy atom. The van der Waals surface area contributed by atoms with Crippen LogP contribution in [0.1, 0.15) is 29.9 Å². The number of rotatable bonds is 3. The molecule has 1 heterocycles. The van der Waals surface area contributed by atoms with Crippen LogP contribution in [0.4, 0.5) is 10.1 Å². The van der Waals surface area contributed by atoms with E-state index in [1.54, 1.807) is 0 Å². The van der Waals surface area contributed by atoms with E-state index in [0.29, 0.717) is 12.3 Å². The van der Waals surface area contributed by atoms with E-state index in [-0.39, 0.29) is 6.67 Å². The van der Waals surface area contributed by atoms with Gasteiger partial charge < -0.3 is 10.5 Å². The maximum atomic E-state index is 12.5. The fraction of sp³-hybridized carbons (Fsp3) is 0.538. The molecule has 1 aromatic carbocycles. The third-order valence-electron chi connectivity index (χ3n) is 3.25. The predicted octanol–water partition coefficient (Wildman–Crippen LogP) is 2.67. The fourth-order valence-electron chi connectivity index (χ4n) is 2.40. The molecular weight excluding hydrogens is 205 g/mol. The Labute approximate surface area is 95.6 Å². The normalized spacial score (nSPS) is 17.6. The molecule has 0 spiro atoms. The fourth-order valence-corrected chi connectivity index (χ4v) is 2.40. The summed E-state index contributed by atoms with van der Waals surface area (Å²) < 4.78 is 17.9. The summed E-state index contributed by atoms with van der Waals surface area (Å²) in [5, 5.41) is 0. The van der Waals surface area contributed by atoms with Gasteiger partial charge in [-0.1, -0.05) is 12.1 Å². The molecule has 0 saturated carbocycles. The van der Waals surface area contributed by atoms with Crippen molar-refractivity contribution in [3.8, 4) is 0 Å². The maximum Gasteiger partial charge on any atom is 0.0935 e. The van der Waals surface area contributed by atoms with Crippen LogP contribution in [-0.4, -0.2) is 19.9 Å². The number of hydrogen-bond donors (Lipinski definition) is 1. The van der Waals surface area contributed by atoms with Crippen LogP contribution in [-0.2, 0) is 11.2 Å². The lowest BCUT2D eigenvalue weighted by Crippen LogP contribution is -2.16. The summed E-state index contributed by atoms with van der Waals surface area (Å²) in [7, 11) is 0. The van der Waals surface area contributed by atoms with Crippen molar-refractivity contribution in [1.29, 1.82) is 0 Å². The minimum atomic E-state index is -0.343. The standard InChI is InChI=1S/C13H18FNO/c14-7-4-12-11(2-1-3-13(12)15)10-5-8-16-9-6-10/h1-3,10H,4-9,15H2. The van der Waals surface area contributed by atoms with E-state index in [1.165, 1.54) is 5.56 Å². The van der Waals surface area contributed by atoms with Crippen molar-refractivity contribution in [1.82, 2.24) is 0 Å². The molecule has 0 aliphatic carbocycles. The van der Waals surface area contributed by atoms with E-state index in [1.807, 2.05) is 12.1 Å². The van der Waals surface area contributed by atoms with Crippen LogP contribution in [0.3, 0.4) is 0 Å². The van der Waals surface area contributed by atoms with E-state index in [0.717, 1.165) is 37.3 Å². The Balaban J connectivity index is 2.27. The molecule has 2 nitrogen and oxygen atoms in total. The van der Waals surface area contributed by atoms with Gasteiger partial charge in [-0.3, -0.25) is 4.39 Å². The van der Waals surface area contributed by atoms with Crippen LogP contribution in [0.15, 0.2) is 18.2 Å². The number of nitrogens with two attached hydrogens (primary N) is 1. The quantitative estimate of drug-likeness (QED) is 0.799. The molecule has 3 heteroatoms. The summed E-state index contributed by atoms with van der Waals surface area (Å²) in [6.45, 7) is 1.26. The molecule has 1 aliphatic heterocycles. The second kappa shape index (κ2) is 5.30. The van der Waals surface area contributed by atoms with Crippen molar-refractivity contribution in [3.05, 3.63) is 29.3 Å². The van der Waals surface area contributed by atoms with Crippen LogP contribution in [0.25, 0.3) is 0 Å². The monoisotopic (exact) mass is 223 g/mol. The van der Waals surface area contributed by atoms with Gasteiger partial charge in [0.05, 0.1) is 6.67 Å². The van der Waals surface area contributed by atoms with Crippen LogP contribution in [0.2, 0.25) is 0 Å². The molecule has 16 heavy (non-hydrogen) atoms. The first-order valence-electron chi connectivity index (χ1n) is 5.84. The highest BCUT2D eigenvalue weighted by molar-refractivity contribution is 5.52. The van der Waals surface area contributed by atoms with E-state index >= 15 is 0 Å². The van der Waals surface area contributed by atoms with Gasteiger partial charge in [0.25, 0.3) is 0 Å². The Kier molecular flexibility index (Phi) is 3.78. The molecule has 1 aliphatic rings. The van der Waals surface area contributed by atoms with Crippen LogP contribution in [0, 0.1) is 0 Å². The second-order valence-electron chi connectivity index (χ2n) is 4.24. The highest BCUT2D eigenvalue weighted by Crippen LogP contribution is 2.32. The predicted molar refractivity (Wildman–Crippen MR) is 63.3 cm³/mol. The molecule has 0 radical (unpaired) electrons. The highest BCUT2D eigenvalue weighted by Gasteiger charge is 2.19. The van der Waals surface area contributed by atoms with Crippen molar-refractivity contribution in [2.45, 2.75) is 25.2 Å². The zero-order valence-corrected chi connectivity index (χ0v) is 9.42. The Hall–Kier alpha value is -1.09. The van der Waals surface area contributed by atoms with E-state index < -0.39 is 0 Å². The Morgan fingerprint density at radius 1 is 1.31 bits per heavy atom. The lowest BCUT2D eigenvalue weighted by Gasteiger charge is -2.25. The number of hydrogen-bond acceptors (Lipinski definition) is 2. The average Bonchev–Trinajstić information content (AvgIpc) is 2.33. The van der Waals surface area contributed by atoms with Gasteiger partial charge in [-0.25, -0.2) is 0 Å². The molecule has 88 valence electrons. The molecule has 0 aromatic heterocycles. The van der Waals surface area contributed by atoms with Gasteiger partial charge in [-0.2, -0.15) is 0 Å². The number of halogens is 1. The molecule has 0 bridgehead atoms. The number of alkyl halides is 1. The van der Waals surface area contributed by atoms with Crippen molar-refractivity contribution < 1.29 is 9.13 Å². The van der Waals surface area contributed by atoms with Gasteiger partial charge >= 0.3 is 0 Å². The summed E-state index contributed by atoms with van der Waals surface area (Å²) in [6.07, 6.45) is 2.46. The average molecular weight is 223 g/mol. The third-order valence-corrected chi connectivity index (χ3v) is 3.25. The third kappa shape index (κ3) is 2.35. The second-order valence-corrected chi connectivity index (χ2v) is 4.24. The minimum Gasteiger partial charge on any atom is -0.398 e. The van der Waals surface area contributed by atoms with Gasteiger partial charge in [0.15, 0.2) is 0 Å². The molecule has 0 atom stereocenters. The largest absolute Gasteiger partial charge is 0.398 e. The van der Waals surface area contributed by atoms with Gasteiger partial charge in [-0.15, -0.1) is 0 Å². The number of nitrogen functional groups attached to an aromatic ring is 1. The lowest BCUT2D eigenvalue weighted by atomic mass is 9.87. The van der Waals surface area contributed by atoms with Gasteiger partial charge in [-0.05, 0) is 36.0 Å². The zero-order valence-electron chi connectivity index (χ0n) is 9.42. The van der Waals surface area contributed by atoms with Crippen molar-refractivity contribution in [2.24, 2.45) is 0 Å². The molecule has 1 fully saturated rings. The molecule has 1 aromatic rings. The van der Waals surface area contributed by atoms with E-state index in [9.17, 15) is 4.39 Å². The van der Waals surface area contributed by atoms with Gasteiger partial charge in [0.2, 0.25) is 0 Å². The molecule has 2 rings (SSSR count). The van der Waals surface area contributed by atoms with Crippen molar-refractivity contribution in [2.75, 3.05) is 25.6 Å². The zero-order chi connectivity index (χ0) is 11.4. The molecular formula is C13H18FNO. The summed E-state index contributed by atoms with van der Waals surface area (Å²) in [5.74, 6) is 0.485. The highest BCUT2D eigenvalue weighted by atomic mass is 19.1. The maximum absolute atomic E-state index is 12.5. The lowest BCUT2D eigenvalue weighted by molar-refractivity contribution is 0.0851. The number of ether oxygens (including phenoxy) is 1. The first-order chi connectivity index (χ1) is 7.83. The summed E-state index contributed by atoms with van der Waals surface area (Å²) in [5.41, 5.74) is 8.86. The first kappa shape index (κ1) is 11.4. The van der Waals surface area contributed by atoms with Crippen LogP contribution in [0.5, 0.6) is 0 Å². The topological polar surface area (TPSA) is 35.2 Å². The van der Waals surface area contributed by atoms with Crippen molar-refractivity contribution in [3.63, 3.8) is 0 Å². The Morgan fingerprint density at radius 3 is 2.75 bits per heavy atom. The van der Waals surface area contributed by atoms with Crippen LogP contribution < -0.4 is 5.73 Å². The number of benzene rings is 1. The smallest absolute Gasteiger partial charge is 0.0935 e. The van der Waals surface area contributed by atoms with E-state index in [4.69, 9.17) is 10.5 Å². The number of anilines is 1. The summed E-state index contributed by atoms with van der Waals surface area (Å²) in [4.78, 5) is 0. The van der Waals surface area contributed by atoms with Gasteiger partial charge in [0.1, 0.15) is 0 Å². The molecule has 0 unspecified atom stereocenters. The SMILES string of the molecule is Nc1cccc(C2CCOCC2)c1CCF. The Bertz CT molecular complexity index is 348. The summed E-state index contributed by atoms with van der Waals surface area (Å²) >= 11 is 0. The molecule has 1 saturated heterocycles. The molecule has 2 N–H and O–H groups in total. The first-order valence-corrected chi connectivity index (χ1v) is 5.84. The summed E-state index contributed by atoms with van der Waals surface area (Å²) in [6, 6.07) is 5.90. The molecule has 0 amide bonds. The van der Waals surface area contributed by atoms with Crippen molar-refractivity contribution >= 4 is 5.69 Å².